The third-order valence-electron chi connectivity index (χ3n) is 3.32. The van der Waals surface area contributed by atoms with Gasteiger partial charge in [0, 0.05) is 17.6 Å². The van der Waals surface area contributed by atoms with Crippen molar-refractivity contribution in [2.24, 2.45) is 0 Å². The van der Waals surface area contributed by atoms with Gasteiger partial charge in [-0.25, -0.2) is 4.98 Å². The van der Waals surface area contributed by atoms with Crippen LogP contribution in [0.25, 0.3) is 0 Å². The molecule has 20 heavy (non-hydrogen) atoms. The lowest BCUT2D eigenvalue weighted by Gasteiger charge is -2.04. The van der Waals surface area contributed by atoms with Gasteiger partial charge in [-0.15, -0.1) is 11.3 Å². The number of nitrogens with zero attached hydrogens (tertiary/aromatic N) is 1. The molecule has 0 unspecified atom stereocenters. The van der Waals surface area contributed by atoms with Gasteiger partial charge in [-0.1, -0.05) is 12.1 Å². The lowest BCUT2D eigenvalue weighted by Crippen LogP contribution is -2.12. The zero-order valence-corrected chi connectivity index (χ0v) is 12.1. The maximum absolute atomic E-state index is 12.2. The fourth-order valence-corrected chi connectivity index (χ4v) is 3.43. The first-order valence-electron chi connectivity index (χ1n) is 6.64. The van der Waals surface area contributed by atoms with Crippen molar-refractivity contribution in [2.75, 3.05) is 12.4 Å². The van der Waals surface area contributed by atoms with E-state index in [4.69, 9.17) is 4.74 Å². The van der Waals surface area contributed by atoms with Crippen LogP contribution in [0.1, 0.15) is 32.9 Å². The number of carbonyl (C=O) groups is 1. The number of hydrogen-bond donors (Lipinski definition) is 1. The molecule has 1 aliphatic carbocycles. The molecule has 1 aliphatic rings. The van der Waals surface area contributed by atoms with E-state index in [1.807, 2.05) is 18.2 Å². The van der Waals surface area contributed by atoms with Gasteiger partial charge in [0.05, 0.1) is 12.3 Å². The van der Waals surface area contributed by atoms with Crippen LogP contribution >= 0.6 is 11.3 Å². The van der Waals surface area contributed by atoms with Crippen LogP contribution in [0.5, 0.6) is 0 Å². The second kappa shape index (κ2) is 5.73. The first kappa shape index (κ1) is 13.3. The van der Waals surface area contributed by atoms with Crippen molar-refractivity contribution in [2.45, 2.75) is 25.9 Å². The number of hydrogen-bond acceptors (Lipinski definition) is 4. The van der Waals surface area contributed by atoms with Crippen LogP contribution in [-0.2, 0) is 24.2 Å². The molecule has 0 radical (unpaired) electrons. The average molecular weight is 288 g/mol. The van der Waals surface area contributed by atoms with E-state index in [-0.39, 0.29) is 5.91 Å². The van der Waals surface area contributed by atoms with Crippen LogP contribution < -0.4 is 5.32 Å². The van der Waals surface area contributed by atoms with Crippen molar-refractivity contribution in [1.29, 1.82) is 0 Å². The van der Waals surface area contributed by atoms with Crippen LogP contribution in [0.3, 0.4) is 0 Å². The molecule has 4 nitrogen and oxygen atoms in total. The number of fused-ring (bicyclic) bond motifs is 1. The predicted molar refractivity (Wildman–Crippen MR) is 79.2 cm³/mol. The minimum Gasteiger partial charge on any atom is -0.380 e. The highest BCUT2D eigenvalue weighted by molar-refractivity contribution is 7.15. The van der Waals surface area contributed by atoms with Gasteiger partial charge in [0.1, 0.15) is 0 Å². The van der Waals surface area contributed by atoms with Gasteiger partial charge in [-0.2, -0.15) is 0 Å². The lowest BCUT2D eigenvalue weighted by atomic mass is 10.1. The highest BCUT2D eigenvalue weighted by Gasteiger charge is 2.18. The number of amides is 1. The van der Waals surface area contributed by atoms with Gasteiger partial charge < -0.3 is 4.74 Å². The zero-order chi connectivity index (χ0) is 13.9. The Hall–Kier alpha value is -1.72. The molecule has 5 heteroatoms. The summed E-state index contributed by atoms with van der Waals surface area (Å²) in [5, 5.41) is 3.59. The molecule has 0 saturated heterocycles. The van der Waals surface area contributed by atoms with Crippen molar-refractivity contribution in [1.82, 2.24) is 4.98 Å². The summed E-state index contributed by atoms with van der Waals surface area (Å²) in [5.74, 6) is -0.115. The monoisotopic (exact) mass is 288 g/mol. The first-order valence-corrected chi connectivity index (χ1v) is 7.46. The number of methoxy groups -OCH3 is 1. The molecule has 3 rings (SSSR count). The standard InChI is InChI=1S/C15H16N2O2S/c1-19-9-10-4-2-5-11(8-10)14(18)17-15-16-12-6-3-7-13(12)20-15/h2,4-5,8H,3,6-7,9H2,1H3,(H,16,17,18). The van der Waals surface area contributed by atoms with Gasteiger partial charge in [0.2, 0.25) is 0 Å². The number of ether oxygens (including phenoxy) is 1. The molecule has 0 atom stereocenters. The van der Waals surface area contributed by atoms with Crippen molar-refractivity contribution in [3.8, 4) is 0 Å². The Balaban J connectivity index is 1.73. The minimum absolute atomic E-state index is 0.115. The summed E-state index contributed by atoms with van der Waals surface area (Å²) in [7, 11) is 1.64. The average Bonchev–Trinajstić information content (AvgIpc) is 3.00. The number of thiazole rings is 1. The van der Waals surface area contributed by atoms with E-state index < -0.39 is 0 Å². The molecule has 0 aliphatic heterocycles. The molecule has 0 spiro atoms. The summed E-state index contributed by atoms with van der Waals surface area (Å²) in [6.07, 6.45) is 3.30. The van der Waals surface area contributed by atoms with Crippen LogP contribution in [0.15, 0.2) is 24.3 Å². The maximum atomic E-state index is 12.2. The van der Waals surface area contributed by atoms with Crippen molar-refractivity contribution < 1.29 is 9.53 Å². The Morgan fingerprint density at radius 3 is 3.15 bits per heavy atom. The Kier molecular flexibility index (Phi) is 3.80. The van der Waals surface area contributed by atoms with E-state index in [0.29, 0.717) is 17.3 Å². The fraction of sp³-hybridized carbons (Fsp3) is 0.333. The Labute approximate surface area is 121 Å². The summed E-state index contributed by atoms with van der Waals surface area (Å²) in [6, 6.07) is 7.46. The maximum Gasteiger partial charge on any atom is 0.257 e. The van der Waals surface area contributed by atoms with E-state index in [0.717, 1.165) is 24.1 Å². The van der Waals surface area contributed by atoms with Crippen molar-refractivity contribution >= 4 is 22.4 Å². The van der Waals surface area contributed by atoms with E-state index in [9.17, 15) is 4.79 Å². The molecule has 0 bridgehead atoms. The smallest absolute Gasteiger partial charge is 0.257 e. The molecule has 1 aromatic carbocycles. The number of benzene rings is 1. The van der Waals surface area contributed by atoms with Crippen molar-refractivity contribution in [3.05, 3.63) is 46.0 Å². The van der Waals surface area contributed by atoms with Gasteiger partial charge >= 0.3 is 0 Å². The second-order valence-corrected chi connectivity index (χ2v) is 5.91. The third-order valence-corrected chi connectivity index (χ3v) is 4.39. The molecule has 1 heterocycles. The Morgan fingerprint density at radius 1 is 1.45 bits per heavy atom. The molecular formula is C15H16N2O2S. The molecule has 0 fully saturated rings. The minimum atomic E-state index is -0.115. The van der Waals surface area contributed by atoms with E-state index in [2.05, 4.69) is 10.3 Å². The highest BCUT2D eigenvalue weighted by atomic mass is 32.1. The number of aryl methyl sites for hydroxylation is 2. The summed E-state index contributed by atoms with van der Waals surface area (Å²) in [5.41, 5.74) is 2.77. The van der Waals surface area contributed by atoms with Gasteiger partial charge in [-0.3, -0.25) is 10.1 Å². The zero-order valence-electron chi connectivity index (χ0n) is 11.3. The van der Waals surface area contributed by atoms with E-state index in [1.54, 1.807) is 24.5 Å². The normalized spacial score (nSPS) is 13.2. The predicted octanol–water partition coefficient (Wildman–Crippen LogP) is 3.03. The number of carbonyl (C=O) groups excluding carboxylic acids is 1. The summed E-state index contributed by atoms with van der Waals surface area (Å²) < 4.78 is 5.08. The highest BCUT2D eigenvalue weighted by Crippen LogP contribution is 2.30. The second-order valence-electron chi connectivity index (χ2n) is 4.83. The summed E-state index contributed by atoms with van der Waals surface area (Å²) >= 11 is 1.59. The van der Waals surface area contributed by atoms with Gasteiger partial charge in [0.25, 0.3) is 5.91 Å². The number of rotatable bonds is 4. The molecule has 0 saturated carbocycles. The quantitative estimate of drug-likeness (QED) is 0.941. The lowest BCUT2D eigenvalue weighted by molar-refractivity contribution is 0.102. The largest absolute Gasteiger partial charge is 0.380 e. The van der Waals surface area contributed by atoms with E-state index >= 15 is 0 Å². The molecular weight excluding hydrogens is 272 g/mol. The third kappa shape index (κ3) is 2.73. The number of anilines is 1. The topological polar surface area (TPSA) is 51.2 Å². The fourth-order valence-electron chi connectivity index (χ4n) is 2.38. The Morgan fingerprint density at radius 2 is 2.35 bits per heavy atom. The number of aromatic nitrogens is 1. The summed E-state index contributed by atoms with van der Waals surface area (Å²) in [6.45, 7) is 0.507. The molecule has 2 aromatic rings. The van der Waals surface area contributed by atoms with Crippen LogP contribution in [0, 0.1) is 0 Å². The van der Waals surface area contributed by atoms with E-state index in [1.165, 1.54) is 11.3 Å². The number of nitrogens with one attached hydrogen (secondary N) is 1. The van der Waals surface area contributed by atoms with Gasteiger partial charge in [-0.05, 0) is 37.0 Å². The molecule has 1 amide bonds. The molecule has 1 N–H and O–H groups in total. The van der Waals surface area contributed by atoms with Crippen LogP contribution in [0.2, 0.25) is 0 Å². The first-order chi connectivity index (χ1) is 9.76. The Bertz CT molecular complexity index is 615. The van der Waals surface area contributed by atoms with Crippen LogP contribution in [0.4, 0.5) is 5.13 Å². The van der Waals surface area contributed by atoms with Gasteiger partial charge in [0.15, 0.2) is 5.13 Å². The molecule has 1 aromatic heterocycles. The SMILES string of the molecule is COCc1cccc(C(=O)Nc2nc3c(s2)CCC3)c1. The van der Waals surface area contributed by atoms with Crippen molar-refractivity contribution in [3.63, 3.8) is 0 Å². The molecule has 104 valence electrons. The van der Waals surface area contributed by atoms with Crippen LogP contribution in [-0.4, -0.2) is 18.0 Å². The summed E-state index contributed by atoms with van der Waals surface area (Å²) in [4.78, 5) is 18.0.